The highest BCUT2D eigenvalue weighted by atomic mass is 32.1. The SMILES string of the molecule is CCN1CCN(C(=O)C2CCN(C(=O)c3cccs3)CC2)CC1. The first-order valence-corrected chi connectivity index (χ1v) is 9.41. The second-order valence-electron chi connectivity index (χ2n) is 6.30. The van der Waals surface area contributed by atoms with Crippen LogP contribution < -0.4 is 0 Å². The number of carbonyl (C=O) groups excluding carboxylic acids is 2. The third kappa shape index (κ3) is 3.75. The summed E-state index contributed by atoms with van der Waals surface area (Å²) in [6.45, 7) is 8.28. The van der Waals surface area contributed by atoms with Crippen LogP contribution in [0.4, 0.5) is 0 Å². The van der Waals surface area contributed by atoms with Crippen molar-refractivity contribution < 1.29 is 9.59 Å². The number of hydrogen-bond acceptors (Lipinski definition) is 4. The number of piperazine rings is 1. The van der Waals surface area contributed by atoms with E-state index in [9.17, 15) is 9.59 Å². The summed E-state index contributed by atoms with van der Waals surface area (Å²) >= 11 is 1.49. The number of carbonyl (C=O) groups is 2. The largest absolute Gasteiger partial charge is 0.340 e. The summed E-state index contributed by atoms with van der Waals surface area (Å²) in [5.41, 5.74) is 0. The minimum absolute atomic E-state index is 0.0931. The van der Waals surface area contributed by atoms with Crippen molar-refractivity contribution in [2.24, 2.45) is 5.92 Å². The lowest BCUT2D eigenvalue weighted by Crippen LogP contribution is -2.51. The average Bonchev–Trinajstić information content (AvgIpc) is 3.15. The van der Waals surface area contributed by atoms with E-state index in [1.807, 2.05) is 27.3 Å². The maximum atomic E-state index is 12.7. The van der Waals surface area contributed by atoms with Gasteiger partial charge in [0.15, 0.2) is 0 Å². The van der Waals surface area contributed by atoms with Crippen molar-refractivity contribution in [3.05, 3.63) is 22.4 Å². The first-order valence-electron chi connectivity index (χ1n) is 8.53. The van der Waals surface area contributed by atoms with Gasteiger partial charge in [-0.05, 0) is 30.8 Å². The van der Waals surface area contributed by atoms with E-state index in [0.29, 0.717) is 19.0 Å². The van der Waals surface area contributed by atoms with E-state index in [2.05, 4.69) is 11.8 Å². The van der Waals surface area contributed by atoms with Gasteiger partial charge in [-0.3, -0.25) is 9.59 Å². The summed E-state index contributed by atoms with van der Waals surface area (Å²) in [6, 6.07) is 3.78. The molecule has 0 spiro atoms. The topological polar surface area (TPSA) is 43.9 Å². The molecule has 3 rings (SSSR count). The number of likely N-dealkylation sites (N-methyl/N-ethyl adjacent to an activating group) is 1. The molecule has 0 unspecified atom stereocenters. The zero-order valence-electron chi connectivity index (χ0n) is 13.7. The molecule has 0 aromatic carbocycles. The molecule has 6 heteroatoms. The van der Waals surface area contributed by atoms with E-state index >= 15 is 0 Å². The van der Waals surface area contributed by atoms with E-state index in [1.165, 1.54) is 11.3 Å². The monoisotopic (exact) mass is 335 g/mol. The first kappa shape index (κ1) is 16.5. The Balaban J connectivity index is 1.49. The molecule has 1 aromatic rings. The predicted molar refractivity (Wildman–Crippen MR) is 91.6 cm³/mol. The number of piperidine rings is 1. The molecule has 1 aromatic heterocycles. The summed E-state index contributed by atoms with van der Waals surface area (Å²) in [5, 5.41) is 1.93. The Labute approximate surface area is 141 Å². The predicted octanol–water partition coefficient (Wildman–Crippen LogP) is 1.76. The molecule has 0 atom stereocenters. The third-order valence-corrected chi connectivity index (χ3v) is 5.85. The van der Waals surface area contributed by atoms with Crippen LogP contribution in [0.15, 0.2) is 17.5 Å². The van der Waals surface area contributed by atoms with Crippen molar-refractivity contribution in [1.29, 1.82) is 0 Å². The molecule has 0 N–H and O–H groups in total. The lowest BCUT2D eigenvalue weighted by Gasteiger charge is -2.38. The quantitative estimate of drug-likeness (QED) is 0.845. The molecule has 0 radical (unpaired) electrons. The first-order chi connectivity index (χ1) is 11.2. The fourth-order valence-electron chi connectivity index (χ4n) is 3.43. The van der Waals surface area contributed by atoms with Crippen LogP contribution in [0.5, 0.6) is 0 Å². The zero-order valence-corrected chi connectivity index (χ0v) is 14.6. The zero-order chi connectivity index (χ0) is 16.2. The standard InChI is InChI=1S/C17H25N3O2S/c1-2-18-9-11-20(12-10-18)16(21)14-5-7-19(8-6-14)17(22)15-4-3-13-23-15/h3-4,13-14H,2,5-12H2,1H3. The molecular weight excluding hydrogens is 310 g/mol. The lowest BCUT2D eigenvalue weighted by atomic mass is 9.95. The number of thiophene rings is 1. The molecule has 23 heavy (non-hydrogen) atoms. The maximum absolute atomic E-state index is 12.7. The average molecular weight is 335 g/mol. The lowest BCUT2D eigenvalue weighted by molar-refractivity contribution is -0.138. The molecular formula is C17H25N3O2S. The number of amides is 2. The Morgan fingerprint density at radius 1 is 1.09 bits per heavy atom. The number of likely N-dealkylation sites (tertiary alicyclic amines) is 1. The summed E-state index contributed by atoms with van der Waals surface area (Å²) in [4.78, 5) is 32.1. The van der Waals surface area contributed by atoms with Crippen LogP contribution in [-0.4, -0.2) is 72.3 Å². The van der Waals surface area contributed by atoms with Gasteiger partial charge in [-0.25, -0.2) is 0 Å². The van der Waals surface area contributed by atoms with Crippen LogP contribution in [0.25, 0.3) is 0 Å². The number of hydrogen-bond donors (Lipinski definition) is 0. The molecule has 2 saturated heterocycles. The molecule has 126 valence electrons. The van der Waals surface area contributed by atoms with Gasteiger partial charge < -0.3 is 14.7 Å². The van der Waals surface area contributed by atoms with Crippen LogP contribution in [0.3, 0.4) is 0 Å². The molecule has 0 saturated carbocycles. The highest BCUT2D eigenvalue weighted by Gasteiger charge is 2.31. The summed E-state index contributed by atoms with van der Waals surface area (Å²) in [5.74, 6) is 0.502. The molecule has 2 amide bonds. The van der Waals surface area contributed by atoms with Gasteiger partial charge in [-0.1, -0.05) is 13.0 Å². The van der Waals surface area contributed by atoms with Gasteiger partial charge >= 0.3 is 0 Å². The van der Waals surface area contributed by atoms with Gasteiger partial charge in [-0.15, -0.1) is 11.3 Å². The van der Waals surface area contributed by atoms with Crippen molar-refractivity contribution in [2.75, 3.05) is 45.8 Å². The molecule has 3 heterocycles. The Hall–Kier alpha value is -1.40. The third-order valence-electron chi connectivity index (χ3n) is 4.99. The van der Waals surface area contributed by atoms with Gasteiger partial charge in [0.25, 0.3) is 5.91 Å². The molecule has 2 aliphatic rings. The van der Waals surface area contributed by atoms with E-state index < -0.39 is 0 Å². The van der Waals surface area contributed by atoms with Crippen LogP contribution in [-0.2, 0) is 4.79 Å². The molecule has 2 aliphatic heterocycles. The molecule has 0 bridgehead atoms. The Kier molecular flexibility index (Phi) is 5.33. The van der Waals surface area contributed by atoms with Crippen LogP contribution >= 0.6 is 11.3 Å². The molecule has 0 aliphatic carbocycles. The van der Waals surface area contributed by atoms with E-state index in [4.69, 9.17) is 0 Å². The highest BCUT2D eigenvalue weighted by molar-refractivity contribution is 7.12. The normalized spacial score (nSPS) is 20.7. The van der Waals surface area contributed by atoms with Gasteiger partial charge in [0.05, 0.1) is 4.88 Å². The smallest absolute Gasteiger partial charge is 0.263 e. The van der Waals surface area contributed by atoms with Crippen molar-refractivity contribution in [2.45, 2.75) is 19.8 Å². The summed E-state index contributed by atoms with van der Waals surface area (Å²) in [7, 11) is 0. The minimum Gasteiger partial charge on any atom is -0.340 e. The van der Waals surface area contributed by atoms with Crippen LogP contribution in [0.1, 0.15) is 29.4 Å². The van der Waals surface area contributed by atoms with Gasteiger partial charge in [0, 0.05) is 45.2 Å². The van der Waals surface area contributed by atoms with Crippen LogP contribution in [0.2, 0.25) is 0 Å². The van der Waals surface area contributed by atoms with E-state index in [0.717, 1.165) is 50.4 Å². The van der Waals surface area contributed by atoms with Crippen molar-refractivity contribution in [3.8, 4) is 0 Å². The molecule has 2 fully saturated rings. The van der Waals surface area contributed by atoms with Crippen molar-refractivity contribution in [1.82, 2.24) is 14.7 Å². The number of nitrogens with zero attached hydrogens (tertiary/aromatic N) is 3. The summed E-state index contributed by atoms with van der Waals surface area (Å²) < 4.78 is 0. The minimum atomic E-state index is 0.0931. The summed E-state index contributed by atoms with van der Waals surface area (Å²) in [6.07, 6.45) is 1.59. The van der Waals surface area contributed by atoms with Crippen molar-refractivity contribution >= 4 is 23.2 Å². The Morgan fingerprint density at radius 2 is 1.78 bits per heavy atom. The van der Waals surface area contributed by atoms with E-state index in [-0.39, 0.29) is 11.8 Å². The fraction of sp³-hybridized carbons (Fsp3) is 0.647. The molecule has 5 nitrogen and oxygen atoms in total. The Bertz CT molecular complexity index is 530. The van der Waals surface area contributed by atoms with Crippen LogP contribution in [0, 0.1) is 5.92 Å². The van der Waals surface area contributed by atoms with Gasteiger partial charge in [0.2, 0.25) is 5.91 Å². The highest BCUT2D eigenvalue weighted by Crippen LogP contribution is 2.23. The van der Waals surface area contributed by atoms with Gasteiger partial charge in [0.1, 0.15) is 0 Å². The second kappa shape index (κ2) is 7.45. The Morgan fingerprint density at radius 3 is 2.35 bits per heavy atom. The second-order valence-corrected chi connectivity index (χ2v) is 7.25. The maximum Gasteiger partial charge on any atom is 0.263 e. The fourth-order valence-corrected chi connectivity index (χ4v) is 4.12. The number of rotatable bonds is 3. The van der Waals surface area contributed by atoms with Crippen molar-refractivity contribution in [3.63, 3.8) is 0 Å². The van der Waals surface area contributed by atoms with Gasteiger partial charge in [-0.2, -0.15) is 0 Å². The van der Waals surface area contributed by atoms with E-state index in [1.54, 1.807) is 0 Å².